The van der Waals surface area contributed by atoms with Crippen molar-refractivity contribution in [2.45, 2.75) is 13.8 Å². The van der Waals surface area contributed by atoms with Crippen LogP contribution in [0.4, 0.5) is 43.7 Å². The van der Waals surface area contributed by atoms with E-state index < -0.39 is 29.6 Å². The minimum Gasteiger partial charge on any atom is -0.462 e. The zero-order chi connectivity index (χ0) is 46.4. The van der Waals surface area contributed by atoms with Crippen molar-refractivity contribution in [1.82, 2.24) is 9.97 Å². The number of esters is 2. The second-order valence-corrected chi connectivity index (χ2v) is 16.6. The van der Waals surface area contributed by atoms with Crippen LogP contribution in [0.25, 0.3) is 20.4 Å². The average Bonchev–Trinajstić information content (AvgIpc) is 4.09. The number of hydrogen-bond donors (Lipinski definition) is 3. The number of urea groups is 2. The van der Waals surface area contributed by atoms with Crippen molar-refractivity contribution >= 4 is 155 Å². The van der Waals surface area contributed by atoms with Crippen molar-refractivity contribution in [3.8, 4) is 35.1 Å². The standard InChI is InChI=1S/C19H10Cl2N4O5S.C19H11ClN4O6S.ClOP/c1-2-28-18(26)15-11-10-12(7(5-22)16(21)24-17(10)31-15)25(19(27)23-11)13-8(20)3-4-9-14(13)30-6-29-9;1-2-28-18(26)15-11-10-12(7(5-21)16(25)23-17(10)31-15)24(19(27)22-11)13-8(20)3-4-9-14(13)30-6-29-9;1-3-2/h3-4H,2,6H2,1H3,(H,23,27);3-4H,2,6H2,1H3,(H,22,27)(H,23,25);. The van der Waals surface area contributed by atoms with Crippen LogP contribution in [0.5, 0.6) is 23.0 Å². The molecule has 0 fully saturated rings. The van der Waals surface area contributed by atoms with E-state index in [9.17, 15) is 34.5 Å². The number of carbonyl (C=O) groups excluding carboxylic acids is 4. The van der Waals surface area contributed by atoms with Gasteiger partial charge in [0.1, 0.15) is 54.1 Å². The van der Waals surface area contributed by atoms with Gasteiger partial charge in [0.05, 0.1) is 56.8 Å². The van der Waals surface area contributed by atoms with Gasteiger partial charge in [-0.15, -0.1) is 22.7 Å². The monoisotopic (exact) mass is 1020 g/mol. The molecule has 8 heterocycles. The molecule has 4 amide bonds. The van der Waals surface area contributed by atoms with Gasteiger partial charge in [0, 0.05) is 0 Å². The number of anilines is 6. The number of carbonyl (C=O) groups is 4. The highest BCUT2D eigenvalue weighted by molar-refractivity contribution is 7.57. The zero-order valence-corrected chi connectivity index (χ0v) is 38.1. The predicted molar refractivity (Wildman–Crippen MR) is 239 cm³/mol. The molecular formula is C38H21Cl4N8O12PS2. The van der Waals surface area contributed by atoms with E-state index in [-0.39, 0.29) is 116 Å². The lowest BCUT2D eigenvalue weighted by atomic mass is 10.1. The first kappa shape index (κ1) is 45.0. The fourth-order valence-electron chi connectivity index (χ4n) is 7.04. The number of hydrogen-bond acceptors (Lipinski definition) is 17. The van der Waals surface area contributed by atoms with Crippen molar-refractivity contribution in [3.63, 3.8) is 0 Å². The van der Waals surface area contributed by atoms with Crippen LogP contribution >= 0.6 is 76.5 Å². The Labute approximate surface area is 392 Å². The smallest absolute Gasteiger partial charge is 0.350 e. The lowest BCUT2D eigenvalue weighted by molar-refractivity contribution is 0.0523. The van der Waals surface area contributed by atoms with Crippen LogP contribution in [0.1, 0.15) is 44.3 Å². The van der Waals surface area contributed by atoms with E-state index in [0.717, 1.165) is 27.6 Å². The molecule has 0 spiro atoms. The van der Waals surface area contributed by atoms with Gasteiger partial charge < -0.3 is 44.0 Å². The number of fused-ring (bicyclic) bond motifs is 2. The lowest BCUT2D eigenvalue weighted by Crippen LogP contribution is -2.36. The van der Waals surface area contributed by atoms with Crippen LogP contribution in [-0.2, 0) is 14.0 Å². The third-order valence-electron chi connectivity index (χ3n) is 9.44. The Morgan fingerprint density at radius 2 is 1.25 bits per heavy atom. The first-order chi connectivity index (χ1) is 31.3. The molecule has 0 aliphatic carbocycles. The van der Waals surface area contributed by atoms with Gasteiger partial charge in [0.15, 0.2) is 28.2 Å². The zero-order valence-electron chi connectivity index (χ0n) is 32.5. The van der Waals surface area contributed by atoms with Crippen molar-refractivity contribution in [3.05, 3.63) is 70.7 Å². The molecule has 4 aromatic heterocycles. The largest absolute Gasteiger partial charge is 0.462 e. The minimum absolute atomic E-state index is 0.00222. The Bertz CT molecular complexity index is 3240. The number of aromatic nitrogens is 2. The van der Waals surface area contributed by atoms with E-state index >= 15 is 0 Å². The first-order valence-electron chi connectivity index (χ1n) is 18.2. The molecule has 0 unspecified atom stereocenters. The number of thiophene rings is 2. The number of nitrogens with zero attached hydrogens (tertiary/aromatic N) is 5. The number of rotatable bonds is 6. The number of ether oxygens (including phenoxy) is 6. The summed E-state index contributed by atoms with van der Waals surface area (Å²) in [6, 6.07) is 8.72. The van der Waals surface area contributed by atoms with Crippen molar-refractivity contribution in [2.24, 2.45) is 0 Å². The highest BCUT2D eigenvalue weighted by Gasteiger charge is 2.41. The van der Waals surface area contributed by atoms with Crippen molar-refractivity contribution < 1.29 is 52.2 Å². The van der Waals surface area contributed by atoms with E-state index in [1.807, 2.05) is 12.1 Å². The molecule has 65 heavy (non-hydrogen) atoms. The maximum Gasteiger partial charge on any atom is 0.350 e. The number of benzene rings is 2. The molecule has 330 valence electrons. The molecule has 10 rings (SSSR count). The molecule has 0 atom stereocenters. The van der Waals surface area contributed by atoms with Gasteiger partial charge in [-0.25, -0.2) is 24.2 Å². The SMILES string of the molecule is CCOC(=O)c1sc2[nH]c(=O)c(C#N)c3c2c1NC(=O)N3c1c(Cl)ccc2c1OCO2.CCOC(=O)c1sc2nc(Cl)c(C#N)c3c2c1NC(=O)N3c1c(Cl)ccc2c1OCO2.O=PCl. The summed E-state index contributed by atoms with van der Waals surface area (Å²) < 4.78 is 40.7. The van der Waals surface area contributed by atoms with Crippen molar-refractivity contribution in [2.75, 3.05) is 47.2 Å². The summed E-state index contributed by atoms with van der Waals surface area (Å²) >= 11 is 25.5. The quantitative estimate of drug-likeness (QED) is 0.0796. The summed E-state index contributed by atoms with van der Waals surface area (Å²) in [4.78, 5) is 74.1. The van der Waals surface area contributed by atoms with Gasteiger partial charge in [-0.2, -0.15) is 10.5 Å². The number of nitrogens with one attached hydrogen (secondary N) is 3. The van der Waals surface area contributed by atoms with Gasteiger partial charge in [-0.3, -0.25) is 19.2 Å². The van der Waals surface area contributed by atoms with Crippen LogP contribution in [0.3, 0.4) is 0 Å². The molecule has 0 saturated carbocycles. The molecule has 2 aromatic carbocycles. The summed E-state index contributed by atoms with van der Waals surface area (Å²) in [7, 11) is -0.361. The molecule has 0 bridgehead atoms. The first-order valence-corrected chi connectivity index (χ1v) is 22.7. The summed E-state index contributed by atoms with van der Waals surface area (Å²) in [5.41, 5.74) is -0.272. The Balaban J connectivity index is 0.000000167. The van der Waals surface area contributed by atoms with Crippen molar-refractivity contribution in [1.29, 1.82) is 10.5 Å². The molecule has 0 radical (unpaired) electrons. The molecular weight excluding hydrogens is 997 g/mol. The maximum absolute atomic E-state index is 13.3. The Hall–Kier alpha value is -6.62. The van der Waals surface area contributed by atoms with Crippen LogP contribution in [0.2, 0.25) is 15.2 Å². The third kappa shape index (κ3) is 7.48. The third-order valence-corrected chi connectivity index (χ3v) is 12.5. The molecule has 20 nitrogen and oxygen atoms in total. The number of H-pyrrole nitrogens is 1. The predicted octanol–water partition coefficient (Wildman–Crippen LogP) is 10.2. The molecule has 4 aliphatic heterocycles. The molecule has 4 aliphatic rings. The summed E-state index contributed by atoms with van der Waals surface area (Å²) in [6.07, 6.45) is 0. The minimum atomic E-state index is -0.731. The summed E-state index contributed by atoms with van der Waals surface area (Å²) in [5.74, 6) is -0.0833. The summed E-state index contributed by atoms with van der Waals surface area (Å²) in [6.45, 7) is 3.48. The Kier molecular flexibility index (Phi) is 12.5. The Morgan fingerprint density at radius 3 is 1.74 bits per heavy atom. The lowest BCUT2D eigenvalue weighted by Gasteiger charge is -2.30. The second kappa shape index (κ2) is 18.1. The Morgan fingerprint density at radius 1 is 0.769 bits per heavy atom. The van der Waals surface area contributed by atoms with E-state index in [1.54, 1.807) is 32.0 Å². The van der Waals surface area contributed by atoms with Crippen LogP contribution in [-0.4, -0.2) is 60.8 Å². The van der Waals surface area contributed by atoms with Crippen LogP contribution in [0, 0.1) is 22.7 Å². The van der Waals surface area contributed by atoms with Crippen LogP contribution < -0.4 is 44.9 Å². The molecule has 0 saturated heterocycles. The van der Waals surface area contributed by atoms with Gasteiger partial charge in [-0.1, -0.05) is 34.8 Å². The highest BCUT2D eigenvalue weighted by atomic mass is 35.7. The van der Waals surface area contributed by atoms with Crippen LogP contribution in [0.15, 0.2) is 29.1 Å². The second-order valence-electron chi connectivity index (χ2n) is 12.8. The normalized spacial score (nSPS) is 13.5. The summed E-state index contributed by atoms with van der Waals surface area (Å²) in [5, 5.41) is 25.8. The van der Waals surface area contributed by atoms with E-state index in [1.165, 1.54) is 11.0 Å². The van der Waals surface area contributed by atoms with Gasteiger partial charge >= 0.3 is 24.0 Å². The fourth-order valence-corrected chi connectivity index (χ4v) is 9.85. The van der Waals surface area contributed by atoms with E-state index in [0.29, 0.717) is 31.9 Å². The van der Waals surface area contributed by atoms with Gasteiger partial charge in [0.25, 0.3) is 13.4 Å². The fraction of sp³-hybridized carbons (Fsp3) is 0.158. The average molecular weight is 1020 g/mol. The number of halogens is 4. The number of nitriles is 2. The number of pyridine rings is 2. The molecule has 6 aromatic rings. The molecule has 27 heteroatoms. The highest BCUT2D eigenvalue weighted by Crippen LogP contribution is 2.55. The number of amides is 4. The van der Waals surface area contributed by atoms with Gasteiger partial charge in [0.2, 0.25) is 13.6 Å². The topological polar surface area (TPSA) is 265 Å². The molecule has 3 N–H and O–H groups in total. The van der Waals surface area contributed by atoms with E-state index in [2.05, 4.69) is 31.8 Å². The van der Waals surface area contributed by atoms with Gasteiger partial charge in [-0.05, 0) is 49.4 Å². The van der Waals surface area contributed by atoms with E-state index in [4.69, 9.17) is 67.8 Å². The maximum atomic E-state index is 13.3. The number of aromatic amines is 1.